The van der Waals surface area contributed by atoms with E-state index in [4.69, 9.17) is 0 Å². The Bertz CT molecular complexity index is 129. The minimum Gasteiger partial charge on any atom is -0.389 e. The molecule has 0 aromatic heterocycles. The SMILES string of the molecule is C=C(C)[C@@H](O)CCCCCCCC. The number of hydrogen-bond donors (Lipinski definition) is 1. The highest BCUT2D eigenvalue weighted by atomic mass is 16.3. The van der Waals surface area contributed by atoms with E-state index in [1.165, 1.54) is 32.1 Å². The molecule has 1 N–H and O–H groups in total. The summed E-state index contributed by atoms with van der Waals surface area (Å²) < 4.78 is 0. The van der Waals surface area contributed by atoms with Gasteiger partial charge in [-0.1, -0.05) is 57.6 Å². The summed E-state index contributed by atoms with van der Waals surface area (Å²) in [5.74, 6) is 0. The molecular formula is C12H24O. The van der Waals surface area contributed by atoms with Crippen LogP contribution in [0.1, 0.15) is 58.8 Å². The summed E-state index contributed by atoms with van der Waals surface area (Å²) in [5.41, 5.74) is 0.897. The summed E-state index contributed by atoms with van der Waals surface area (Å²) in [7, 11) is 0. The van der Waals surface area contributed by atoms with E-state index in [0.29, 0.717) is 0 Å². The van der Waals surface area contributed by atoms with Crippen LogP contribution in [0, 0.1) is 0 Å². The van der Waals surface area contributed by atoms with Crippen molar-refractivity contribution in [3.05, 3.63) is 12.2 Å². The summed E-state index contributed by atoms with van der Waals surface area (Å²) in [6.45, 7) is 7.85. The molecule has 0 aromatic rings. The van der Waals surface area contributed by atoms with Crippen LogP contribution in [0.5, 0.6) is 0 Å². The summed E-state index contributed by atoms with van der Waals surface area (Å²) in [6, 6.07) is 0. The normalized spacial score (nSPS) is 12.8. The molecule has 0 aliphatic heterocycles. The van der Waals surface area contributed by atoms with Crippen LogP contribution in [0.3, 0.4) is 0 Å². The zero-order chi connectivity index (χ0) is 10.1. The second-order valence-corrected chi connectivity index (χ2v) is 3.92. The van der Waals surface area contributed by atoms with E-state index in [0.717, 1.165) is 18.4 Å². The van der Waals surface area contributed by atoms with Gasteiger partial charge in [0.15, 0.2) is 0 Å². The van der Waals surface area contributed by atoms with Crippen LogP contribution in [-0.4, -0.2) is 11.2 Å². The first-order valence-electron chi connectivity index (χ1n) is 5.52. The van der Waals surface area contributed by atoms with E-state index in [1.807, 2.05) is 6.92 Å². The van der Waals surface area contributed by atoms with E-state index in [-0.39, 0.29) is 6.10 Å². The van der Waals surface area contributed by atoms with Gasteiger partial charge in [0.25, 0.3) is 0 Å². The molecule has 0 saturated heterocycles. The zero-order valence-corrected chi connectivity index (χ0v) is 9.18. The number of unbranched alkanes of at least 4 members (excludes halogenated alkanes) is 5. The average Bonchev–Trinajstić information content (AvgIpc) is 2.10. The van der Waals surface area contributed by atoms with Crippen molar-refractivity contribution in [2.24, 2.45) is 0 Å². The van der Waals surface area contributed by atoms with Gasteiger partial charge in [-0.2, -0.15) is 0 Å². The van der Waals surface area contributed by atoms with Crippen molar-refractivity contribution in [3.8, 4) is 0 Å². The Labute approximate surface area is 82.9 Å². The molecule has 0 saturated carbocycles. The van der Waals surface area contributed by atoms with E-state index in [2.05, 4.69) is 13.5 Å². The number of rotatable bonds is 8. The van der Waals surface area contributed by atoms with Crippen LogP contribution >= 0.6 is 0 Å². The molecule has 0 aromatic carbocycles. The van der Waals surface area contributed by atoms with Crippen molar-refractivity contribution < 1.29 is 5.11 Å². The van der Waals surface area contributed by atoms with Crippen molar-refractivity contribution >= 4 is 0 Å². The Balaban J connectivity index is 3.11. The van der Waals surface area contributed by atoms with Crippen LogP contribution in [0.2, 0.25) is 0 Å². The lowest BCUT2D eigenvalue weighted by Gasteiger charge is -2.09. The standard InChI is InChI=1S/C12H24O/c1-4-5-6-7-8-9-10-12(13)11(2)3/h12-13H,2,4-10H2,1,3H3/t12-/m0/s1. The molecule has 1 nitrogen and oxygen atoms in total. The largest absolute Gasteiger partial charge is 0.389 e. The summed E-state index contributed by atoms with van der Waals surface area (Å²) in [4.78, 5) is 0. The molecule has 0 aliphatic rings. The predicted octanol–water partition coefficient (Wildman–Crippen LogP) is 3.67. The summed E-state index contributed by atoms with van der Waals surface area (Å²) in [5, 5.41) is 9.43. The van der Waals surface area contributed by atoms with Crippen molar-refractivity contribution in [1.29, 1.82) is 0 Å². The zero-order valence-electron chi connectivity index (χ0n) is 9.18. The first-order chi connectivity index (χ1) is 6.18. The molecule has 0 spiro atoms. The highest BCUT2D eigenvalue weighted by molar-refractivity contribution is 4.96. The third-order valence-corrected chi connectivity index (χ3v) is 2.40. The number of aliphatic hydroxyl groups excluding tert-OH is 1. The molecule has 0 aliphatic carbocycles. The third kappa shape index (κ3) is 8.04. The van der Waals surface area contributed by atoms with E-state index in [1.54, 1.807) is 0 Å². The lowest BCUT2D eigenvalue weighted by molar-refractivity contribution is 0.196. The molecule has 13 heavy (non-hydrogen) atoms. The molecule has 0 rings (SSSR count). The van der Waals surface area contributed by atoms with Crippen LogP contribution < -0.4 is 0 Å². The lowest BCUT2D eigenvalue weighted by Crippen LogP contribution is -2.06. The fraction of sp³-hybridized carbons (Fsp3) is 0.833. The molecule has 0 bridgehead atoms. The maximum Gasteiger partial charge on any atom is 0.0744 e. The van der Waals surface area contributed by atoms with Gasteiger partial charge in [0.05, 0.1) is 6.10 Å². The molecule has 1 atom stereocenters. The van der Waals surface area contributed by atoms with Gasteiger partial charge in [0.1, 0.15) is 0 Å². The number of aliphatic hydroxyl groups is 1. The van der Waals surface area contributed by atoms with Gasteiger partial charge < -0.3 is 5.11 Å². The highest BCUT2D eigenvalue weighted by Crippen LogP contribution is 2.11. The maximum atomic E-state index is 9.43. The van der Waals surface area contributed by atoms with Crippen LogP contribution in [0.25, 0.3) is 0 Å². The molecule has 0 unspecified atom stereocenters. The monoisotopic (exact) mass is 184 g/mol. The van der Waals surface area contributed by atoms with Crippen LogP contribution in [-0.2, 0) is 0 Å². The lowest BCUT2D eigenvalue weighted by atomic mass is 10.0. The van der Waals surface area contributed by atoms with E-state index in [9.17, 15) is 5.11 Å². The van der Waals surface area contributed by atoms with Gasteiger partial charge in [-0.3, -0.25) is 0 Å². The first-order valence-corrected chi connectivity index (χ1v) is 5.52. The van der Waals surface area contributed by atoms with Crippen molar-refractivity contribution in [2.45, 2.75) is 64.9 Å². The van der Waals surface area contributed by atoms with Crippen LogP contribution in [0.15, 0.2) is 12.2 Å². The quantitative estimate of drug-likeness (QED) is 0.451. The fourth-order valence-electron chi connectivity index (χ4n) is 1.36. The van der Waals surface area contributed by atoms with Crippen molar-refractivity contribution in [2.75, 3.05) is 0 Å². The Morgan fingerprint density at radius 1 is 1.15 bits per heavy atom. The molecular weight excluding hydrogens is 160 g/mol. The van der Waals surface area contributed by atoms with Gasteiger partial charge in [-0.05, 0) is 13.3 Å². The second kappa shape index (κ2) is 8.31. The van der Waals surface area contributed by atoms with E-state index >= 15 is 0 Å². The molecule has 0 fully saturated rings. The molecule has 0 amide bonds. The van der Waals surface area contributed by atoms with Gasteiger partial charge >= 0.3 is 0 Å². The van der Waals surface area contributed by atoms with Gasteiger partial charge in [0.2, 0.25) is 0 Å². The average molecular weight is 184 g/mol. The molecule has 0 heterocycles. The molecule has 78 valence electrons. The minimum absolute atomic E-state index is 0.272. The highest BCUT2D eigenvalue weighted by Gasteiger charge is 2.02. The van der Waals surface area contributed by atoms with Gasteiger partial charge in [-0.15, -0.1) is 0 Å². The Hall–Kier alpha value is -0.300. The topological polar surface area (TPSA) is 20.2 Å². The van der Waals surface area contributed by atoms with Crippen molar-refractivity contribution in [3.63, 3.8) is 0 Å². The fourth-order valence-corrected chi connectivity index (χ4v) is 1.36. The molecule has 0 radical (unpaired) electrons. The predicted molar refractivity (Wildman–Crippen MR) is 58.8 cm³/mol. The smallest absolute Gasteiger partial charge is 0.0744 e. The summed E-state index contributed by atoms with van der Waals surface area (Å²) >= 11 is 0. The van der Waals surface area contributed by atoms with Crippen LogP contribution in [0.4, 0.5) is 0 Å². The Kier molecular flexibility index (Phi) is 8.11. The second-order valence-electron chi connectivity index (χ2n) is 3.92. The van der Waals surface area contributed by atoms with Crippen molar-refractivity contribution in [1.82, 2.24) is 0 Å². The molecule has 1 heteroatoms. The van der Waals surface area contributed by atoms with Gasteiger partial charge in [0, 0.05) is 0 Å². The third-order valence-electron chi connectivity index (χ3n) is 2.40. The summed E-state index contributed by atoms with van der Waals surface area (Å²) in [6.07, 6.45) is 8.32. The Morgan fingerprint density at radius 2 is 1.69 bits per heavy atom. The van der Waals surface area contributed by atoms with Gasteiger partial charge in [-0.25, -0.2) is 0 Å². The first kappa shape index (κ1) is 12.7. The maximum absolute atomic E-state index is 9.43. The van der Waals surface area contributed by atoms with E-state index < -0.39 is 0 Å². The Morgan fingerprint density at radius 3 is 2.23 bits per heavy atom. The number of hydrogen-bond acceptors (Lipinski definition) is 1. The minimum atomic E-state index is -0.272.